The molecule has 0 spiro atoms. The van der Waals surface area contributed by atoms with E-state index >= 15 is 0 Å². The van der Waals surface area contributed by atoms with Crippen LogP contribution in [0.4, 0.5) is 10.1 Å². The minimum Gasteiger partial charge on any atom is -0.389 e. The molecule has 3 N–H and O–H groups in total. The van der Waals surface area contributed by atoms with Crippen LogP contribution >= 0.6 is 23.8 Å². The van der Waals surface area contributed by atoms with Crippen molar-refractivity contribution in [2.45, 2.75) is 0 Å². The summed E-state index contributed by atoms with van der Waals surface area (Å²) in [6.07, 6.45) is 2.28. The molecule has 0 fully saturated rings. The van der Waals surface area contributed by atoms with Gasteiger partial charge in [-0.2, -0.15) is 0 Å². The normalized spacial score (nSPS) is 10.1. The summed E-state index contributed by atoms with van der Waals surface area (Å²) in [6, 6.07) is 5.99. The highest BCUT2D eigenvalue weighted by Crippen LogP contribution is 2.24. The van der Waals surface area contributed by atoms with Crippen LogP contribution in [0.25, 0.3) is 0 Å². The van der Waals surface area contributed by atoms with Crippen molar-refractivity contribution in [3.05, 3.63) is 58.6 Å². The standard InChI is InChI=1S/C13H9ClFN3OS/c14-9-2-1-7(12(16)20)5-11(9)18-13(19)8-3-4-17-6-10(8)15/h1-6H,(H2,16,20)(H,18,19). The summed E-state index contributed by atoms with van der Waals surface area (Å²) in [5.74, 6) is -1.35. The number of nitrogens with zero attached hydrogens (tertiary/aromatic N) is 1. The molecule has 0 saturated heterocycles. The molecule has 4 nitrogen and oxygen atoms in total. The zero-order valence-corrected chi connectivity index (χ0v) is 11.6. The van der Waals surface area contributed by atoms with Crippen LogP contribution in [0.5, 0.6) is 0 Å². The molecule has 0 atom stereocenters. The van der Waals surface area contributed by atoms with Crippen molar-refractivity contribution >= 4 is 40.4 Å². The van der Waals surface area contributed by atoms with Gasteiger partial charge in [0.05, 0.1) is 22.5 Å². The number of thiocarbonyl (C=S) groups is 1. The molecule has 20 heavy (non-hydrogen) atoms. The lowest BCUT2D eigenvalue weighted by Crippen LogP contribution is -2.15. The van der Waals surface area contributed by atoms with E-state index in [-0.39, 0.29) is 10.6 Å². The molecular weight excluding hydrogens is 301 g/mol. The van der Waals surface area contributed by atoms with Gasteiger partial charge in [0.2, 0.25) is 0 Å². The second kappa shape index (κ2) is 5.94. The number of amides is 1. The van der Waals surface area contributed by atoms with E-state index in [1.807, 2.05) is 0 Å². The topological polar surface area (TPSA) is 68.0 Å². The molecule has 7 heteroatoms. The highest BCUT2D eigenvalue weighted by atomic mass is 35.5. The fourth-order valence-corrected chi connectivity index (χ4v) is 1.82. The summed E-state index contributed by atoms with van der Waals surface area (Å²) in [4.78, 5) is 15.7. The van der Waals surface area contributed by atoms with Crippen molar-refractivity contribution in [3.8, 4) is 0 Å². The fraction of sp³-hybridized carbons (Fsp3) is 0. The van der Waals surface area contributed by atoms with Gasteiger partial charge >= 0.3 is 0 Å². The highest BCUT2D eigenvalue weighted by molar-refractivity contribution is 7.80. The van der Waals surface area contributed by atoms with Gasteiger partial charge in [0.1, 0.15) is 4.99 Å². The van der Waals surface area contributed by atoms with E-state index in [1.54, 1.807) is 12.1 Å². The summed E-state index contributed by atoms with van der Waals surface area (Å²) in [5.41, 5.74) is 6.23. The van der Waals surface area contributed by atoms with Crippen LogP contribution in [0.3, 0.4) is 0 Å². The van der Waals surface area contributed by atoms with Crippen LogP contribution in [0.1, 0.15) is 15.9 Å². The Kier molecular flexibility index (Phi) is 4.26. The fourth-order valence-electron chi connectivity index (χ4n) is 1.52. The minimum atomic E-state index is -0.716. The number of rotatable bonds is 3. The third-order valence-electron chi connectivity index (χ3n) is 2.52. The van der Waals surface area contributed by atoms with E-state index in [2.05, 4.69) is 10.3 Å². The molecular formula is C13H9ClFN3OS. The Morgan fingerprint density at radius 1 is 1.40 bits per heavy atom. The van der Waals surface area contributed by atoms with Crippen molar-refractivity contribution in [1.82, 2.24) is 4.98 Å². The monoisotopic (exact) mass is 309 g/mol. The Labute approximate surface area is 124 Å². The molecule has 2 aromatic rings. The van der Waals surface area contributed by atoms with E-state index < -0.39 is 11.7 Å². The predicted octanol–water partition coefficient (Wildman–Crippen LogP) is 2.76. The highest BCUT2D eigenvalue weighted by Gasteiger charge is 2.13. The zero-order valence-electron chi connectivity index (χ0n) is 10.1. The number of halogens is 2. The molecule has 1 amide bonds. The predicted molar refractivity (Wildman–Crippen MR) is 79.5 cm³/mol. The maximum atomic E-state index is 13.5. The molecule has 2 rings (SSSR count). The number of hydrogen-bond acceptors (Lipinski definition) is 3. The summed E-state index contributed by atoms with van der Waals surface area (Å²) in [7, 11) is 0. The van der Waals surface area contributed by atoms with Crippen LogP contribution in [0, 0.1) is 5.82 Å². The first-order valence-corrected chi connectivity index (χ1v) is 6.28. The van der Waals surface area contributed by atoms with Gasteiger partial charge in [0, 0.05) is 11.8 Å². The molecule has 0 radical (unpaired) electrons. The van der Waals surface area contributed by atoms with Crippen LogP contribution in [-0.2, 0) is 0 Å². The molecule has 0 aliphatic rings. The lowest BCUT2D eigenvalue weighted by molar-refractivity contribution is 0.102. The number of carbonyl (C=O) groups excluding carboxylic acids is 1. The van der Waals surface area contributed by atoms with Crippen molar-refractivity contribution in [2.24, 2.45) is 5.73 Å². The van der Waals surface area contributed by atoms with Crippen molar-refractivity contribution in [1.29, 1.82) is 0 Å². The average Bonchev–Trinajstić information content (AvgIpc) is 2.41. The number of anilines is 1. The Hall–Kier alpha value is -2.05. The van der Waals surface area contributed by atoms with Crippen LogP contribution in [-0.4, -0.2) is 15.9 Å². The van der Waals surface area contributed by atoms with Gasteiger partial charge in [-0.1, -0.05) is 29.9 Å². The second-order valence-corrected chi connectivity index (χ2v) is 4.72. The van der Waals surface area contributed by atoms with E-state index in [4.69, 9.17) is 29.6 Å². The summed E-state index contributed by atoms with van der Waals surface area (Å²) in [5, 5.41) is 2.81. The van der Waals surface area contributed by atoms with Crippen LogP contribution < -0.4 is 11.1 Å². The van der Waals surface area contributed by atoms with Crippen molar-refractivity contribution in [2.75, 3.05) is 5.32 Å². The Balaban J connectivity index is 2.30. The first-order chi connectivity index (χ1) is 9.49. The van der Waals surface area contributed by atoms with E-state index in [0.29, 0.717) is 16.3 Å². The Bertz CT molecular complexity index is 693. The van der Waals surface area contributed by atoms with E-state index in [0.717, 1.165) is 6.20 Å². The van der Waals surface area contributed by atoms with Crippen LogP contribution in [0.2, 0.25) is 5.02 Å². The minimum absolute atomic E-state index is 0.128. The van der Waals surface area contributed by atoms with Gasteiger partial charge in [0.25, 0.3) is 5.91 Å². The molecule has 0 aliphatic heterocycles. The molecule has 102 valence electrons. The van der Waals surface area contributed by atoms with Gasteiger partial charge in [-0.05, 0) is 18.2 Å². The van der Waals surface area contributed by atoms with Crippen LogP contribution in [0.15, 0.2) is 36.7 Å². The molecule has 0 bridgehead atoms. The molecule has 0 saturated carbocycles. The van der Waals surface area contributed by atoms with Gasteiger partial charge in [-0.3, -0.25) is 9.78 Å². The van der Waals surface area contributed by atoms with E-state index in [1.165, 1.54) is 18.3 Å². The number of carbonyl (C=O) groups is 1. The summed E-state index contributed by atoms with van der Waals surface area (Å²) < 4.78 is 13.5. The van der Waals surface area contributed by atoms with E-state index in [9.17, 15) is 9.18 Å². The third kappa shape index (κ3) is 3.09. The number of aromatic nitrogens is 1. The lowest BCUT2D eigenvalue weighted by atomic mass is 10.2. The smallest absolute Gasteiger partial charge is 0.258 e. The lowest BCUT2D eigenvalue weighted by Gasteiger charge is -2.09. The number of benzene rings is 1. The number of nitrogens with one attached hydrogen (secondary N) is 1. The average molecular weight is 310 g/mol. The largest absolute Gasteiger partial charge is 0.389 e. The maximum absolute atomic E-state index is 13.5. The molecule has 0 aliphatic carbocycles. The van der Waals surface area contributed by atoms with Crippen molar-refractivity contribution < 1.29 is 9.18 Å². The maximum Gasteiger partial charge on any atom is 0.258 e. The van der Waals surface area contributed by atoms with Gasteiger partial charge < -0.3 is 11.1 Å². The Morgan fingerprint density at radius 2 is 2.15 bits per heavy atom. The first-order valence-electron chi connectivity index (χ1n) is 5.49. The number of hydrogen-bond donors (Lipinski definition) is 2. The third-order valence-corrected chi connectivity index (χ3v) is 3.08. The summed E-state index contributed by atoms with van der Waals surface area (Å²) >= 11 is 10.8. The molecule has 1 heterocycles. The quantitative estimate of drug-likeness (QED) is 0.856. The number of nitrogens with two attached hydrogens (primary N) is 1. The zero-order chi connectivity index (χ0) is 14.7. The number of pyridine rings is 1. The summed E-state index contributed by atoms with van der Waals surface area (Å²) in [6.45, 7) is 0. The second-order valence-electron chi connectivity index (χ2n) is 3.87. The van der Waals surface area contributed by atoms with Gasteiger partial charge in [-0.15, -0.1) is 0 Å². The Morgan fingerprint density at radius 3 is 2.80 bits per heavy atom. The van der Waals surface area contributed by atoms with Gasteiger partial charge in [-0.25, -0.2) is 4.39 Å². The molecule has 1 aromatic carbocycles. The SMILES string of the molecule is NC(=S)c1ccc(Cl)c(NC(=O)c2ccncc2F)c1. The first kappa shape index (κ1) is 14.4. The van der Waals surface area contributed by atoms with Gasteiger partial charge in [0.15, 0.2) is 5.82 Å². The molecule has 1 aromatic heterocycles. The molecule has 0 unspecified atom stereocenters. The van der Waals surface area contributed by atoms with Crippen molar-refractivity contribution in [3.63, 3.8) is 0 Å².